The Hall–Kier alpha value is -2.69. The maximum absolute atomic E-state index is 12.9. The fourth-order valence-corrected chi connectivity index (χ4v) is 4.78. The summed E-state index contributed by atoms with van der Waals surface area (Å²) in [5.74, 6) is 0.486. The van der Waals surface area contributed by atoms with Crippen molar-refractivity contribution in [2.24, 2.45) is 0 Å². The lowest BCUT2D eigenvalue weighted by molar-refractivity contribution is -0.137. The summed E-state index contributed by atoms with van der Waals surface area (Å²) in [6, 6.07) is 12.7. The highest BCUT2D eigenvalue weighted by molar-refractivity contribution is 5.78. The summed E-state index contributed by atoms with van der Waals surface area (Å²) in [5, 5.41) is 3.19. The van der Waals surface area contributed by atoms with Crippen molar-refractivity contribution >= 4 is 11.7 Å². The van der Waals surface area contributed by atoms with Crippen LogP contribution < -0.4 is 10.2 Å². The van der Waals surface area contributed by atoms with Crippen molar-refractivity contribution in [1.82, 2.24) is 20.1 Å². The zero-order valence-electron chi connectivity index (χ0n) is 19.9. The molecule has 1 N–H and O–H groups in total. The van der Waals surface area contributed by atoms with Crippen LogP contribution in [-0.4, -0.2) is 85.8 Å². The average molecular weight is 492 g/mol. The highest BCUT2D eigenvalue weighted by Gasteiger charge is 2.32. The third-order valence-corrected chi connectivity index (χ3v) is 6.58. The van der Waals surface area contributed by atoms with Gasteiger partial charge in [-0.05, 0) is 24.6 Å². The molecule has 0 radical (unpaired) electrons. The van der Waals surface area contributed by atoms with Crippen LogP contribution in [0, 0.1) is 0 Å². The summed E-state index contributed by atoms with van der Waals surface area (Å²) in [5.41, 5.74) is 0.413. The van der Waals surface area contributed by atoms with Crippen molar-refractivity contribution in [3.63, 3.8) is 0 Å². The first kappa shape index (κ1) is 25.4. The van der Waals surface area contributed by atoms with Crippen LogP contribution >= 0.6 is 0 Å². The van der Waals surface area contributed by atoms with Crippen LogP contribution in [0.1, 0.15) is 24.1 Å². The molecule has 1 aromatic carbocycles. The van der Waals surface area contributed by atoms with Gasteiger partial charge in [0, 0.05) is 51.5 Å². The van der Waals surface area contributed by atoms with Gasteiger partial charge in [-0.2, -0.15) is 13.2 Å². The van der Waals surface area contributed by atoms with Crippen LogP contribution in [0.4, 0.5) is 19.0 Å². The van der Waals surface area contributed by atoms with Gasteiger partial charge in [0.25, 0.3) is 0 Å². The number of nitrogens with one attached hydrogen (secondary N) is 1. The minimum Gasteiger partial charge on any atom is -0.379 e. The van der Waals surface area contributed by atoms with E-state index in [0.717, 1.165) is 25.4 Å². The number of ether oxygens (including phenoxy) is 1. The number of nitrogens with zero attached hydrogens (tertiary/aromatic N) is 4. The Morgan fingerprint density at radius 3 is 2.31 bits per heavy atom. The number of morpholine rings is 1. The quantitative estimate of drug-likeness (QED) is 0.643. The van der Waals surface area contributed by atoms with Gasteiger partial charge < -0.3 is 15.0 Å². The maximum Gasteiger partial charge on any atom is 0.417 e. The van der Waals surface area contributed by atoms with Crippen LogP contribution in [0.5, 0.6) is 0 Å². The van der Waals surface area contributed by atoms with Crippen molar-refractivity contribution in [2.45, 2.75) is 25.2 Å². The molecule has 7 nitrogen and oxygen atoms in total. The van der Waals surface area contributed by atoms with E-state index in [1.807, 2.05) is 30.0 Å². The molecule has 2 aliphatic rings. The molecule has 0 bridgehead atoms. The van der Waals surface area contributed by atoms with Gasteiger partial charge in [0.1, 0.15) is 5.82 Å². The van der Waals surface area contributed by atoms with Crippen LogP contribution in [0.25, 0.3) is 0 Å². The molecule has 0 unspecified atom stereocenters. The second-order valence-corrected chi connectivity index (χ2v) is 9.03. The summed E-state index contributed by atoms with van der Waals surface area (Å²) in [7, 11) is 0. The van der Waals surface area contributed by atoms with Crippen molar-refractivity contribution in [2.75, 3.05) is 63.9 Å². The molecule has 2 fully saturated rings. The average Bonchev–Trinajstić information content (AvgIpc) is 2.85. The van der Waals surface area contributed by atoms with Gasteiger partial charge in [0.15, 0.2) is 0 Å². The molecule has 190 valence electrons. The molecule has 2 aliphatic heterocycles. The largest absolute Gasteiger partial charge is 0.417 e. The van der Waals surface area contributed by atoms with Crippen molar-refractivity contribution < 1.29 is 22.7 Å². The molecule has 2 atom stereocenters. The number of halogens is 3. The number of benzene rings is 1. The lowest BCUT2D eigenvalue weighted by Gasteiger charge is -2.39. The molecule has 0 aliphatic carbocycles. The Balaban J connectivity index is 1.29. The van der Waals surface area contributed by atoms with E-state index in [2.05, 4.69) is 32.2 Å². The summed E-state index contributed by atoms with van der Waals surface area (Å²) < 4.78 is 43.8. The van der Waals surface area contributed by atoms with E-state index in [4.69, 9.17) is 4.74 Å². The van der Waals surface area contributed by atoms with E-state index in [0.29, 0.717) is 45.2 Å². The predicted molar refractivity (Wildman–Crippen MR) is 127 cm³/mol. The van der Waals surface area contributed by atoms with E-state index >= 15 is 0 Å². The Morgan fingerprint density at radius 2 is 1.71 bits per heavy atom. The van der Waals surface area contributed by atoms with Crippen LogP contribution in [0.2, 0.25) is 0 Å². The molecule has 4 rings (SSSR count). The fraction of sp³-hybridized carbons (Fsp3) is 0.520. The molecular weight excluding hydrogens is 459 g/mol. The summed E-state index contributed by atoms with van der Waals surface area (Å²) in [6.45, 7) is 7.79. The van der Waals surface area contributed by atoms with E-state index in [1.165, 1.54) is 11.6 Å². The SMILES string of the molecule is C[C@@H](NC(=O)CN1CCN(c2ccc(C(F)(F)F)cn2)CC1)[C@@H](c1ccccc1)N1CCOCC1. The minimum atomic E-state index is -4.39. The Labute approximate surface area is 203 Å². The molecule has 1 aromatic heterocycles. The number of hydrogen-bond acceptors (Lipinski definition) is 6. The standard InChI is InChI=1S/C25H32F3N5O2/c1-19(24(20-5-3-2-4-6-20)33-13-15-35-16-14-33)30-23(34)18-31-9-11-32(12-10-31)22-8-7-21(17-29-22)25(26,27)28/h2-8,17,19,24H,9-16,18H2,1H3,(H,30,34)/t19-,24+/m1/s1. The number of carbonyl (C=O) groups excluding carboxylic acids is 1. The molecule has 2 saturated heterocycles. The van der Waals surface area contributed by atoms with Crippen LogP contribution in [-0.2, 0) is 15.7 Å². The molecule has 35 heavy (non-hydrogen) atoms. The van der Waals surface area contributed by atoms with Gasteiger partial charge >= 0.3 is 6.18 Å². The molecule has 0 saturated carbocycles. The second kappa shape index (κ2) is 11.4. The lowest BCUT2D eigenvalue weighted by Crippen LogP contribution is -2.52. The Bertz CT molecular complexity index is 944. The number of hydrogen-bond donors (Lipinski definition) is 1. The smallest absolute Gasteiger partial charge is 0.379 e. The lowest BCUT2D eigenvalue weighted by atomic mass is 9.98. The number of carbonyl (C=O) groups is 1. The normalized spacial score (nSPS) is 19.8. The first-order valence-electron chi connectivity index (χ1n) is 12.0. The number of anilines is 1. The van der Waals surface area contributed by atoms with Crippen molar-refractivity contribution in [3.05, 3.63) is 59.8 Å². The summed E-state index contributed by atoms with van der Waals surface area (Å²) in [4.78, 5) is 23.2. The third-order valence-electron chi connectivity index (χ3n) is 6.58. The zero-order chi connectivity index (χ0) is 24.8. The molecular formula is C25H32F3N5O2. The first-order chi connectivity index (χ1) is 16.8. The van der Waals surface area contributed by atoms with Gasteiger partial charge in [-0.15, -0.1) is 0 Å². The number of pyridine rings is 1. The monoisotopic (exact) mass is 491 g/mol. The highest BCUT2D eigenvalue weighted by atomic mass is 19.4. The van der Waals surface area contributed by atoms with Gasteiger partial charge in [-0.1, -0.05) is 30.3 Å². The molecule has 3 heterocycles. The van der Waals surface area contributed by atoms with Gasteiger partial charge in [0.2, 0.25) is 5.91 Å². The Morgan fingerprint density at radius 1 is 1.03 bits per heavy atom. The number of piperazine rings is 1. The van der Waals surface area contributed by atoms with Gasteiger partial charge in [0.05, 0.1) is 31.4 Å². The Kier molecular flexibility index (Phi) is 8.25. The summed E-state index contributed by atoms with van der Waals surface area (Å²) >= 11 is 0. The molecule has 10 heteroatoms. The van der Waals surface area contributed by atoms with E-state index in [1.54, 1.807) is 0 Å². The number of aromatic nitrogens is 1. The van der Waals surface area contributed by atoms with E-state index in [-0.39, 0.29) is 24.5 Å². The van der Waals surface area contributed by atoms with Gasteiger partial charge in [-0.3, -0.25) is 14.6 Å². The molecule has 2 aromatic rings. The van der Waals surface area contributed by atoms with Crippen molar-refractivity contribution in [1.29, 1.82) is 0 Å². The van der Waals surface area contributed by atoms with E-state index < -0.39 is 11.7 Å². The number of amides is 1. The fourth-order valence-electron chi connectivity index (χ4n) is 4.78. The first-order valence-corrected chi connectivity index (χ1v) is 12.0. The van der Waals surface area contributed by atoms with Crippen molar-refractivity contribution in [3.8, 4) is 0 Å². The number of alkyl halides is 3. The van der Waals surface area contributed by atoms with Gasteiger partial charge in [-0.25, -0.2) is 4.98 Å². The predicted octanol–water partition coefficient (Wildman–Crippen LogP) is 2.80. The topological polar surface area (TPSA) is 60.9 Å². The highest BCUT2D eigenvalue weighted by Crippen LogP contribution is 2.29. The van der Waals surface area contributed by atoms with Crippen LogP contribution in [0.3, 0.4) is 0 Å². The summed E-state index contributed by atoms with van der Waals surface area (Å²) in [6.07, 6.45) is -3.52. The van der Waals surface area contributed by atoms with E-state index in [9.17, 15) is 18.0 Å². The maximum atomic E-state index is 12.9. The molecule has 0 spiro atoms. The second-order valence-electron chi connectivity index (χ2n) is 9.03. The minimum absolute atomic E-state index is 0.0344. The zero-order valence-corrected chi connectivity index (χ0v) is 19.9. The number of rotatable bonds is 7. The molecule has 1 amide bonds. The third kappa shape index (κ3) is 6.71. The van der Waals surface area contributed by atoms with Crippen LogP contribution in [0.15, 0.2) is 48.7 Å².